The van der Waals surface area contributed by atoms with Crippen molar-refractivity contribution >= 4 is 65.2 Å². The van der Waals surface area contributed by atoms with Crippen molar-refractivity contribution in [3.63, 3.8) is 0 Å². The topological polar surface area (TPSA) is 0 Å². The number of hydrogen-bond donors (Lipinski definition) is 0. The molecule has 0 aliphatic carbocycles. The third kappa shape index (κ3) is 8.82. The van der Waals surface area contributed by atoms with Crippen molar-refractivity contribution in [3.8, 4) is 0 Å². The second-order valence-corrected chi connectivity index (χ2v) is 0. The minimum absolute atomic E-state index is 0. The molecule has 0 fully saturated rings. The molecule has 0 aromatic rings. The van der Waals surface area contributed by atoms with Gasteiger partial charge < -0.3 is 0 Å². The van der Waals surface area contributed by atoms with Gasteiger partial charge in [-0.2, -0.15) is 0 Å². The fourth-order valence-corrected chi connectivity index (χ4v) is 0. The first-order valence-corrected chi connectivity index (χ1v) is 0. The van der Waals surface area contributed by atoms with Crippen LogP contribution in [0.5, 0.6) is 0 Å². The first-order valence-electron chi connectivity index (χ1n) is 0. The molecular weight excluding hydrogens is 378 g/mol. The maximum absolute atomic E-state index is 0. The van der Waals surface area contributed by atoms with Crippen LogP contribution in [0.4, 0.5) is 0 Å². The zero-order chi connectivity index (χ0) is 0. The molecule has 0 N–H and O–H groups in total. The van der Waals surface area contributed by atoms with Gasteiger partial charge in [0.25, 0.3) is 0 Å². The predicted octanol–water partition coefficient (Wildman–Crippen LogP) is -3.02. The van der Waals surface area contributed by atoms with E-state index < -0.39 is 0 Å². The van der Waals surface area contributed by atoms with Crippen molar-refractivity contribution in [1.29, 1.82) is 0 Å². The molecule has 0 nitrogen and oxygen atoms in total. The van der Waals surface area contributed by atoms with Crippen LogP contribution in [0.25, 0.3) is 0 Å². The fourth-order valence-electron chi connectivity index (χ4n) is 0. The first kappa shape index (κ1) is 30.4. The summed E-state index contributed by atoms with van der Waals surface area (Å²) in [5.41, 5.74) is 0. The zero-order valence-corrected chi connectivity index (χ0v) is 9.05. The molecule has 0 aliphatic rings. The monoisotopic (exact) mass is 389 g/mol. The van der Waals surface area contributed by atoms with Gasteiger partial charge in [0.1, 0.15) is 0 Å². The van der Waals surface area contributed by atoms with E-state index in [1.165, 1.54) is 0 Å². The molecule has 0 bridgehead atoms. The van der Waals surface area contributed by atoms with Crippen LogP contribution in [0.3, 0.4) is 0 Å². The molecule has 0 unspecified atom stereocenters. The summed E-state index contributed by atoms with van der Waals surface area (Å²) in [5, 5.41) is 0. The summed E-state index contributed by atoms with van der Waals surface area (Å²) in [6, 6.07) is 0. The Bertz CT molecular complexity index is 8.00. The molecule has 0 aromatic heterocycles. The summed E-state index contributed by atoms with van der Waals surface area (Å²) in [6.45, 7) is 0. The van der Waals surface area contributed by atoms with E-state index in [-0.39, 0.29) is 81.7 Å². The fraction of sp³-hybridized carbons (Fsp3) is 0. The molecule has 0 aliphatic heterocycles. The summed E-state index contributed by atoms with van der Waals surface area (Å²) in [4.78, 5) is 0. The normalized spacial score (nSPS) is 0. The Hall–Kier alpha value is 2.62. The first-order chi connectivity index (χ1) is 0. The van der Waals surface area contributed by atoms with Gasteiger partial charge in [-0.3, -0.25) is 0 Å². The summed E-state index contributed by atoms with van der Waals surface area (Å²) in [6.07, 6.45) is 0. The Kier molecular flexibility index (Phi) is 133. The van der Waals surface area contributed by atoms with Crippen LogP contribution in [-0.4, -0.2) is 65.2 Å². The second-order valence-electron chi connectivity index (χ2n) is 0. The molecule has 3 radical (unpaired) electrons. The van der Waals surface area contributed by atoms with E-state index in [0.29, 0.717) is 0 Å². The summed E-state index contributed by atoms with van der Waals surface area (Å²) in [7, 11) is 0. The Balaban J connectivity index is 0. The van der Waals surface area contributed by atoms with Gasteiger partial charge >= 0.3 is 65.2 Å². The molecule has 0 atom stereocenters. The molecule has 0 aromatic carbocycles. The molecule has 0 rings (SSSR count). The maximum atomic E-state index is 0. The van der Waals surface area contributed by atoms with E-state index in [2.05, 4.69) is 0 Å². The summed E-state index contributed by atoms with van der Waals surface area (Å²) in [5.74, 6) is 0. The van der Waals surface area contributed by atoms with Gasteiger partial charge in [-0.1, -0.05) is 0 Å². The van der Waals surface area contributed by atoms with Crippen LogP contribution >= 0.6 is 0 Å². The predicted molar refractivity (Wildman–Crippen MR) is 27.0 cm³/mol. The average molecular weight is 385 g/mol. The van der Waals surface area contributed by atoms with Crippen molar-refractivity contribution < 1.29 is 16.5 Å². The summed E-state index contributed by atoms with van der Waals surface area (Å²) >= 11 is 0. The van der Waals surface area contributed by atoms with E-state index in [1.807, 2.05) is 0 Å². The minimum atomic E-state index is 0. The van der Waals surface area contributed by atoms with Crippen LogP contribution in [0.1, 0.15) is 0 Å². The zero-order valence-electron chi connectivity index (χ0n) is 1.47. The number of hydrogen-bond acceptors (Lipinski definition) is 0. The third-order valence-corrected chi connectivity index (χ3v) is 0. The Morgan fingerprint density at radius 2 is 1.00 bits per heavy atom. The molecule has 0 amide bonds. The molecule has 4 heteroatoms. The van der Waals surface area contributed by atoms with Gasteiger partial charge in [-0.15, -0.1) is 0 Å². The average Bonchev–Trinajstić information content (AvgIpc) is 0. The van der Waals surface area contributed by atoms with Crippen molar-refractivity contribution in [3.05, 3.63) is 0 Å². The summed E-state index contributed by atoms with van der Waals surface area (Å²) < 4.78 is 0. The van der Waals surface area contributed by atoms with Gasteiger partial charge in [0.2, 0.25) is 0 Å². The van der Waals surface area contributed by atoms with Crippen LogP contribution < -0.4 is 0 Å². The molecule has 0 spiro atoms. The molecule has 0 heterocycles. The van der Waals surface area contributed by atoms with Gasteiger partial charge in [0, 0.05) is 16.5 Å². The van der Waals surface area contributed by atoms with E-state index in [9.17, 15) is 0 Å². The van der Waals surface area contributed by atoms with Crippen LogP contribution in [0.15, 0.2) is 0 Å². The van der Waals surface area contributed by atoms with Gasteiger partial charge in [0.15, 0.2) is 0 Å². The Morgan fingerprint density at radius 1 is 1.00 bits per heavy atom. The van der Waals surface area contributed by atoms with Crippen LogP contribution in [0, 0.1) is 0 Å². The van der Waals surface area contributed by atoms with E-state index in [1.54, 1.807) is 0 Å². The SMILES string of the molecule is [GeH4].[Ni].[SnH2].[TeH]. The molecular formula is H7GeNiSnTe. The van der Waals surface area contributed by atoms with E-state index in [0.717, 1.165) is 0 Å². The van der Waals surface area contributed by atoms with Crippen LogP contribution in [-0.2, 0) is 16.5 Å². The van der Waals surface area contributed by atoms with Gasteiger partial charge in [-0.05, 0) is 0 Å². The molecule has 0 saturated heterocycles. The quantitative estimate of drug-likeness (QED) is 0.390. The van der Waals surface area contributed by atoms with Crippen molar-refractivity contribution in [1.82, 2.24) is 0 Å². The molecule has 31 valence electrons. The second kappa shape index (κ2) is 17.5. The van der Waals surface area contributed by atoms with Crippen molar-refractivity contribution in [2.75, 3.05) is 0 Å². The van der Waals surface area contributed by atoms with E-state index >= 15 is 0 Å². The Morgan fingerprint density at radius 3 is 1.00 bits per heavy atom. The van der Waals surface area contributed by atoms with E-state index in [4.69, 9.17) is 0 Å². The molecule has 0 saturated carbocycles. The molecule has 4 heavy (non-hydrogen) atoms. The standard InChI is InChI=1S/GeH4.Ni.Sn.HTe.2H/h1H4;;;1H;;. The Labute approximate surface area is 80.4 Å². The third-order valence-electron chi connectivity index (χ3n) is 0. The van der Waals surface area contributed by atoms with Crippen molar-refractivity contribution in [2.45, 2.75) is 0 Å². The van der Waals surface area contributed by atoms with Crippen LogP contribution in [0.2, 0.25) is 0 Å². The van der Waals surface area contributed by atoms with Gasteiger partial charge in [0.05, 0.1) is 0 Å². The van der Waals surface area contributed by atoms with Crippen molar-refractivity contribution in [2.24, 2.45) is 0 Å². The number of rotatable bonds is 0. The van der Waals surface area contributed by atoms with Gasteiger partial charge in [-0.25, -0.2) is 0 Å².